The molecule has 1 rings (SSSR count). The van der Waals surface area contributed by atoms with Gasteiger partial charge < -0.3 is 10.4 Å². The van der Waals surface area contributed by atoms with E-state index in [0.717, 1.165) is 29.5 Å². The van der Waals surface area contributed by atoms with Gasteiger partial charge in [0.15, 0.2) is 0 Å². The quantitative estimate of drug-likeness (QED) is 0.752. The zero-order chi connectivity index (χ0) is 13.5. The summed E-state index contributed by atoms with van der Waals surface area (Å²) < 4.78 is 0.841. The van der Waals surface area contributed by atoms with Gasteiger partial charge >= 0.3 is 5.97 Å². The number of aromatic carboxylic acids is 1. The fourth-order valence-electron chi connectivity index (χ4n) is 1.47. The molecule has 1 aromatic carbocycles. The highest BCUT2D eigenvalue weighted by Crippen LogP contribution is 2.18. The maximum absolute atomic E-state index is 10.8. The van der Waals surface area contributed by atoms with Gasteiger partial charge in [-0.05, 0) is 36.9 Å². The van der Waals surface area contributed by atoms with Crippen LogP contribution in [0.3, 0.4) is 0 Å². The van der Waals surface area contributed by atoms with Gasteiger partial charge in [-0.3, -0.25) is 0 Å². The molecule has 2 N–H and O–H groups in total. The highest BCUT2D eigenvalue weighted by molar-refractivity contribution is 9.10. The summed E-state index contributed by atoms with van der Waals surface area (Å²) in [7, 11) is 0. The first kappa shape index (κ1) is 15.5. The summed E-state index contributed by atoms with van der Waals surface area (Å²) in [5, 5.41) is 12.9. The Kier molecular flexibility index (Phi) is 6.75. The molecule has 0 aliphatic rings. The van der Waals surface area contributed by atoms with Crippen molar-refractivity contribution >= 4 is 33.7 Å². The lowest BCUT2D eigenvalue weighted by Gasteiger charge is -2.10. The van der Waals surface area contributed by atoms with Crippen molar-refractivity contribution in [2.75, 3.05) is 12.8 Å². The first-order valence-electron chi connectivity index (χ1n) is 5.79. The molecule has 0 spiro atoms. The maximum Gasteiger partial charge on any atom is 0.335 e. The average Bonchev–Trinajstić information content (AvgIpc) is 2.35. The van der Waals surface area contributed by atoms with Crippen LogP contribution >= 0.6 is 27.7 Å². The molecule has 0 saturated carbocycles. The SMILES string of the molecule is CSC(C)CCNCc1ccc(C(=O)O)cc1Br. The number of hydrogen-bond acceptors (Lipinski definition) is 3. The first-order valence-corrected chi connectivity index (χ1v) is 7.88. The summed E-state index contributed by atoms with van der Waals surface area (Å²) in [5.74, 6) is -0.899. The van der Waals surface area contributed by atoms with E-state index in [4.69, 9.17) is 5.11 Å². The van der Waals surface area contributed by atoms with Crippen LogP contribution in [-0.4, -0.2) is 29.1 Å². The molecule has 100 valence electrons. The molecule has 0 saturated heterocycles. The van der Waals surface area contributed by atoms with Gasteiger partial charge in [0.2, 0.25) is 0 Å². The van der Waals surface area contributed by atoms with E-state index in [1.807, 2.05) is 17.8 Å². The van der Waals surface area contributed by atoms with E-state index in [0.29, 0.717) is 10.8 Å². The Balaban J connectivity index is 2.46. The van der Waals surface area contributed by atoms with Crippen LogP contribution in [0.4, 0.5) is 0 Å². The third kappa shape index (κ3) is 5.00. The summed E-state index contributed by atoms with van der Waals surface area (Å²) in [4.78, 5) is 10.8. The maximum atomic E-state index is 10.8. The van der Waals surface area contributed by atoms with Crippen molar-refractivity contribution in [2.45, 2.75) is 25.1 Å². The minimum absolute atomic E-state index is 0.307. The van der Waals surface area contributed by atoms with Gasteiger partial charge in [0, 0.05) is 16.3 Å². The molecule has 1 atom stereocenters. The number of halogens is 1. The molecule has 0 aromatic heterocycles. The van der Waals surface area contributed by atoms with E-state index >= 15 is 0 Å². The van der Waals surface area contributed by atoms with Gasteiger partial charge in [-0.25, -0.2) is 4.79 Å². The fourth-order valence-corrected chi connectivity index (χ4v) is 2.34. The van der Waals surface area contributed by atoms with Crippen LogP contribution in [-0.2, 0) is 6.54 Å². The number of carboxylic acids is 1. The molecular weight excluding hydrogens is 314 g/mol. The monoisotopic (exact) mass is 331 g/mol. The van der Waals surface area contributed by atoms with Crippen molar-refractivity contribution in [3.63, 3.8) is 0 Å². The summed E-state index contributed by atoms with van der Waals surface area (Å²) in [5.41, 5.74) is 1.39. The summed E-state index contributed by atoms with van der Waals surface area (Å²) in [6.07, 6.45) is 3.25. The average molecular weight is 332 g/mol. The van der Waals surface area contributed by atoms with Crippen LogP contribution in [0.15, 0.2) is 22.7 Å². The molecule has 0 fully saturated rings. The molecule has 0 bridgehead atoms. The van der Waals surface area contributed by atoms with Crippen molar-refractivity contribution in [3.8, 4) is 0 Å². The summed E-state index contributed by atoms with van der Waals surface area (Å²) >= 11 is 5.27. The number of nitrogens with one attached hydrogen (secondary N) is 1. The number of carboxylic acid groups (broad SMARTS) is 1. The molecule has 18 heavy (non-hydrogen) atoms. The van der Waals surface area contributed by atoms with Gasteiger partial charge in [0.25, 0.3) is 0 Å². The predicted molar refractivity (Wildman–Crippen MR) is 80.4 cm³/mol. The topological polar surface area (TPSA) is 49.3 Å². The normalized spacial score (nSPS) is 12.4. The molecule has 1 aromatic rings. The summed E-state index contributed by atoms with van der Waals surface area (Å²) in [6.45, 7) is 3.93. The molecular formula is C13H18BrNO2S. The zero-order valence-electron chi connectivity index (χ0n) is 10.6. The molecule has 5 heteroatoms. The number of benzene rings is 1. The number of thioether (sulfide) groups is 1. The highest BCUT2D eigenvalue weighted by Gasteiger charge is 2.06. The smallest absolute Gasteiger partial charge is 0.335 e. The van der Waals surface area contributed by atoms with E-state index in [9.17, 15) is 4.79 Å². The Morgan fingerprint density at radius 1 is 1.56 bits per heavy atom. The Morgan fingerprint density at radius 2 is 2.28 bits per heavy atom. The molecule has 0 radical (unpaired) electrons. The second kappa shape index (κ2) is 7.81. The fraction of sp³-hybridized carbons (Fsp3) is 0.462. The Bertz CT molecular complexity index is 412. The standard InChI is InChI=1S/C13H18BrNO2S/c1-9(18-2)5-6-15-8-11-4-3-10(13(16)17)7-12(11)14/h3-4,7,9,15H,5-6,8H2,1-2H3,(H,16,17). The minimum Gasteiger partial charge on any atom is -0.478 e. The van der Waals surface area contributed by atoms with Crippen molar-refractivity contribution < 1.29 is 9.90 Å². The van der Waals surface area contributed by atoms with E-state index in [1.54, 1.807) is 12.1 Å². The van der Waals surface area contributed by atoms with Gasteiger partial charge in [0.1, 0.15) is 0 Å². The first-order chi connectivity index (χ1) is 8.54. The van der Waals surface area contributed by atoms with Crippen LogP contribution < -0.4 is 5.32 Å². The van der Waals surface area contributed by atoms with E-state index < -0.39 is 5.97 Å². The zero-order valence-corrected chi connectivity index (χ0v) is 13.0. The molecule has 0 aliphatic carbocycles. The molecule has 0 aliphatic heterocycles. The Hall–Kier alpha value is -0.520. The van der Waals surface area contributed by atoms with Crippen molar-refractivity contribution in [1.29, 1.82) is 0 Å². The highest BCUT2D eigenvalue weighted by atomic mass is 79.9. The number of hydrogen-bond donors (Lipinski definition) is 2. The lowest BCUT2D eigenvalue weighted by Crippen LogP contribution is -2.18. The van der Waals surface area contributed by atoms with Crippen LogP contribution in [0.25, 0.3) is 0 Å². The second-order valence-corrected chi connectivity index (χ2v) is 6.25. The van der Waals surface area contributed by atoms with Crippen molar-refractivity contribution in [2.24, 2.45) is 0 Å². The van der Waals surface area contributed by atoms with E-state index in [2.05, 4.69) is 34.4 Å². The van der Waals surface area contributed by atoms with Crippen LogP contribution in [0.2, 0.25) is 0 Å². The summed E-state index contributed by atoms with van der Waals surface area (Å²) in [6, 6.07) is 5.12. The van der Waals surface area contributed by atoms with Gasteiger partial charge in [-0.1, -0.05) is 28.9 Å². The van der Waals surface area contributed by atoms with Crippen LogP contribution in [0.5, 0.6) is 0 Å². The van der Waals surface area contributed by atoms with Crippen LogP contribution in [0, 0.1) is 0 Å². The van der Waals surface area contributed by atoms with Crippen molar-refractivity contribution in [3.05, 3.63) is 33.8 Å². The third-order valence-corrected chi connectivity index (χ3v) is 4.52. The Labute approximate surface area is 120 Å². The van der Waals surface area contributed by atoms with Gasteiger partial charge in [-0.15, -0.1) is 0 Å². The number of rotatable bonds is 7. The van der Waals surface area contributed by atoms with E-state index in [1.165, 1.54) is 0 Å². The second-order valence-electron chi connectivity index (χ2n) is 4.12. The van der Waals surface area contributed by atoms with E-state index in [-0.39, 0.29) is 0 Å². The lowest BCUT2D eigenvalue weighted by atomic mass is 10.1. The number of carbonyl (C=O) groups is 1. The molecule has 1 unspecified atom stereocenters. The predicted octanol–water partition coefficient (Wildman–Crippen LogP) is 3.38. The molecule has 0 heterocycles. The lowest BCUT2D eigenvalue weighted by molar-refractivity contribution is 0.0697. The largest absolute Gasteiger partial charge is 0.478 e. The molecule has 0 amide bonds. The van der Waals surface area contributed by atoms with Gasteiger partial charge in [-0.2, -0.15) is 11.8 Å². The minimum atomic E-state index is -0.899. The molecule has 3 nitrogen and oxygen atoms in total. The van der Waals surface area contributed by atoms with Crippen LogP contribution in [0.1, 0.15) is 29.3 Å². The Morgan fingerprint density at radius 3 is 2.83 bits per heavy atom. The third-order valence-electron chi connectivity index (χ3n) is 2.75. The van der Waals surface area contributed by atoms with Crippen molar-refractivity contribution in [1.82, 2.24) is 5.32 Å². The van der Waals surface area contributed by atoms with Gasteiger partial charge in [0.05, 0.1) is 5.56 Å².